The number of halogens is 2. The second-order valence-electron chi connectivity index (χ2n) is 6.61. The van der Waals surface area contributed by atoms with E-state index in [2.05, 4.69) is 15.3 Å². The van der Waals surface area contributed by atoms with E-state index in [9.17, 15) is 14.4 Å². The molecule has 2 rings (SSSR count). The first kappa shape index (κ1) is 21.1. The van der Waals surface area contributed by atoms with E-state index >= 15 is 0 Å². The number of guanidine groups is 1. The van der Waals surface area contributed by atoms with Gasteiger partial charge in [-0.15, -0.1) is 0 Å². The quantitative estimate of drug-likeness (QED) is 0.469. The lowest BCUT2D eigenvalue weighted by Crippen LogP contribution is -2.41. The highest BCUT2D eigenvalue weighted by Gasteiger charge is 2.35. The van der Waals surface area contributed by atoms with Gasteiger partial charge in [-0.2, -0.15) is 9.98 Å². The Kier molecular flexibility index (Phi) is 6.73. The van der Waals surface area contributed by atoms with Crippen molar-refractivity contribution in [2.45, 2.75) is 40.2 Å². The van der Waals surface area contributed by atoms with Crippen molar-refractivity contribution in [2.24, 2.45) is 15.9 Å². The van der Waals surface area contributed by atoms with Gasteiger partial charge in [-0.3, -0.25) is 19.3 Å². The second kappa shape index (κ2) is 8.63. The zero-order chi connectivity index (χ0) is 20.3. The summed E-state index contributed by atoms with van der Waals surface area (Å²) in [5, 5.41) is 3.50. The fourth-order valence-electron chi connectivity index (χ4n) is 2.29. The van der Waals surface area contributed by atoms with E-state index in [1.54, 1.807) is 45.9 Å². The van der Waals surface area contributed by atoms with Crippen LogP contribution in [0.1, 0.15) is 33.3 Å². The number of nitrogens with zero attached hydrogens (tertiary/aromatic N) is 3. The molecular weight excluding hydrogens is 391 g/mol. The fraction of sp³-hybridized carbons (Fsp3) is 0.389. The number of amidine groups is 1. The van der Waals surface area contributed by atoms with Crippen LogP contribution >= 0.6 is 23.2 Å². The Labute approximate surface area is 167 Å². The van der Waals surface area contributed by atoms with Crippen LogP contribution in [0.3, 0.4) is 0 Å². The summed E-state index contributed by atoms with van der Waals surface area (Å²) in [6.07, 6.45) is 0.211. The number of benzene rings is 1. The first-order valence-corrected chi connectivity index (χ1v) is 9.14. The Morgan fingerprint density at radius 3 is 2.41 bits per heavy atom. The van der Waals surface area contributed by atoms with Crippen LogP contribution in [0.4, 0.5) is 0 Å². The van der Waals surface area contributed by atoms with Crippen molar-refractivity contribution in [1.29, 1.82) is 0 Å². The van der Waals surface area contributed by atoms with E-state index < -0.39 is 11.8 Å². The van der Waals surface area contributed by atoms with Gasteiger partial charge >= 0.3 is 11.8 Å². The molecule has 144 valence electrons. The third-order valence-corrected chi connectivity index (χ3v) is 4.46. The fourth-order valence-corrected chi connectivity index (χ4v) is 2.61. The zero-order valence-corrected chi connectivity index (χ0v) is 16.9. The van der Waals surface area contributed by atoms with E-state index in [0.29, 0.717) is 10.0 Å². The lowest BCUT2D eigenvalue weighted by atomic mass is 10.1. The number of nitrogens with one attached hydrogen (secondary N) is 1. The molecule has 0 aromatic heterocycles. The Hall–Kier alpha value is -2.25. The van der Waals surface area contributed by atoms with Crippen molar-refractivity contribution < 1.29 is 14.4 Å². The normalized spacial score (nSPS) is 15.0. The molecule has 0 spiro atoms. The Morgan fingerprint density at radius 1 is 1.19 bits per heavy atom. The lowest BCUT2D eigenvalue weighted by molar-refractivity contribution is -0.140. The molecule has 0 unspecified atom stereocenters. The molecule has 1 heterocycles. The van der Waals surface area contributed by atoms with Gasteiger partial charge in [-0.05, 0) is 31.5 Å². The van der Waals surface area contributed by atoms with Crippen LogP contribution in [0.5, 0.6) is 0 Å². The topological polar surface area (TPSA) is 91.2 Å². The van der Waals surface area contributed by atoms with Crippen LogP contribution in [0, 0.1) is 5.92 Å². The van der Waals surface area contributed by atoms with E-state index in [4.69, 9.17) is 23.2 Å². The molecule has 1 aromatic carbocycles. The van der Waals surface area contributed by atoms with Gasteiger partial charge in [-0.25, -0.2) is 0 Å². The van der Waals surface area contributed by atoms with Gasteiger partial charge in [0.15, 0.2) is 0 Å². The number of rotatable bonds is 4. The third kappa shape index (κ3) is 5.14. The van der Waals surface area contributed by atoms with Crippen LogP contribution in [0.2, 0.25) is 10.0 Å². The number of hydrogen-bond acceptors (Lipinski definition) is 4. The molecule has 0 aliphatic carbocycles. The summed E-state index contributed by atoms with van der Waals surface area (Å²) >= 11 is 12.0. The van der Waals surface area contributed by atoms with Gasteiger partial charge in [0.1, 0.15) is 5.84 Å². The van der Waals surface area contributed by atoms with Crippen LogP contribution < -0.4 is 5.32 Å². The SMILES string of the molecule is CC(C)C(=O)NC(Cc1ccc(Cl)c(Cl)c1)=NC1=NC(=O)C(=O)N1C(C)C. The molecule has 0 saturated heterocycles. The molecule has 0 atom stereocenters. The molecule has 0 radical (unpaired) electrons. The molecule has 1 aliphatic heterocycles. The largest absolute Gasteiger partial charge is 0.338 e. The number of carbonyl (C=O) groups is 3. The maximum absolute atomic E-state index is 12.2. The van der Waals surface area contributed by atoms with Crippen molar-refractivity contribution >= 4 is 52.7 Å². The zero-order valence-electron chi connectivity index (χ0n) is 15.4. The summed E-state index contributed by atoms with van der Waals surface area (Å²) < 4.78 is 0. The van der Waals surface area contributed by atoms with Crippen molar-refractivity contribution in [2.75, 3.05) is 0 Å². The predicted molar refractivity (Wildman–Crippen MR) is 105 cm³/mol. The smallest absolute Gasteiger partial charge is 0.314 e. The standard InChI is InChI=1S/C18H20Cl2N4O3/c1-9(2)15(25)21-14(8-11-5-6-12(19)13(20)7-11)22-18-23-16(26)17(27)24(18)10(3)4/h5-7,9-10H,8H2,1-4H3,(H,21,22,23,25,26). The molecule has 27 heavy (non-hydrogen) atoms. The molecule has 0 fully saturated rings. The second-order valence-corrected chi connectivity index (χ2v) is 7.43. The highest BCUT2D eigenvalue weighted by atomic mass is 35.5. The molecule has 1 aromatic rings. The first-order chi connectivity index (χ1) is 12.6. The van der Waals surface area contributed by atoms with Gasteiger partial charge in [0.25, 0.3) is 0 Å². The first-order valence-electron chi connectivity index (χ1n) is 8.38. The minimum Gasteiger partial charge on any atom is -0.314 e. The van der Waals surface area contributed by atoms with Crippen molar-refractivity contribution in [1.82, 2.24) is 10.2 Å². The van der Waals surface area contributed by atoms with Crippen LogP contribution in [0.15, 0.2) is 28.2 Å². The van der Waals surface area contributed by atoms with E-state index in [1.165, 1.54) is 4.90 Å². The van der Waals surface area contributed by atoms with Crippen molar-refractivity contribution in [3.05, 3.63) is 33.8 Å². The Balaban J connectivity index is 2.39. The summed E-state index contributed by atoms with van der Waals surface area (Å²) in [6.45, 7) is 6.97. The third-order valence-electron chi connectivity index (χ3n) is 3.72. The van der Waals surface area contributed by atoms with Crippen LogP contribution in [-0.4, -0.2) is 40.5 Å². The predicted octanol–water partition coefficient (Wildman–Crippen LogP) is 2.84. The molecule has 9 heteroatoms. The molecular formula is C18H20Cl2N4O3. The highest BCUT2D eigenvalue weighted by molar-refractivity contribution is 6.44. The van der Waals surface area contributed by atoms with E-state index in [-0.39, 0.29) is 36.1 Å². The molecule has 1 aliphatic rings. The number of hydrogen-bond donors (Lipinski definition) is 1. The van der Waals surface area contributed by atoms with Crippen LogP contribution in [-0.2, 0) is 20.8 Å². The van der Waals surface area contributed by atoms with Gasteiger partial charge in [0.2, 0.25) is 11.9 Å². The van der Waals surface area contributed by atoms with Gasteiger partial charge in [0, 0.05) is 18.4 Å². The monoisotopic (exact) mass is 410 g/mol. The summed E-state index contributed by atoms with van der Waals surface area (Å²) in [5.41, 5.74) is 0.750. The molecule has 0 saturated carbocycles. The number of carbonyl (C=O) groups excluding carboxylic acids is 3. The van der Waals surface area contributed by atoms with Gasteiger partial charge < -0.3 is 5.32 Å². The maximum atomic E-state index is 12.2. The van der Waals surface area contributed by atoms with Crippen molar-refractivity contribution in [3.8, 4) is 0 Å². The minimum atomic E-state index is -0.883. The Morgan fingerprint density at radius 2 is 1.85 bits per heavy atom. The Bertz CT molecular complexity index is 847. The lowest BCUT2D eigenvalue weighted by Gasteiger charge is -2.20. The van der Waals surface area contributed by atoms with Gasteiger partial charge in [0.05, 0.1) is 10.0 Å². The van der Waals surface area contributed by atoms with E-state index in [0.717, 1.165) is 5.56 Å². The minimum absolute atomic E-state index is 0.0425. The van der Waals surface area contributed by atoms with Crippen LogP contribution in [0.25, 0.3) is 0 Å². The summed E-state index contributed by atoms with van der Waals surface area (Å²) in [4.78, 5) is 45.0. The average molecular weight is 411 g/mol. The molecule has 3 amide bonds. The van der Waals surface area contributed by atoms with E-state index in [1.807, 2.05) is 0 Å². The number of aliphatic imine (C=N–C) groups is 2. The summed E-state index contributed by atoms with van der Waals surface area (Å²) in [6, 6.07) is 4.74. The summed E-state index contributed by atoms with van der Waals surface area (Å²) in [7, 11) is 0. The van der Waals surface area contributed by atoms with Crippen molar-refractivity contribution in [3.63, 3.8) is 0 Å². The molecule has 1 N–H and O–H groups in total. The summed E-state index contributed by atoms with van der Waals surface area (Å²) in [5.74, 6) is -1.95. The average Bonchev–Trinajstić information content (AvgIpc) is 2.84. The highest BCUT2D eigenvalue weighted by Crippen LogP contribution is 2.23. The number of amides is 3. The molecule has 0 bridgehead atoms. The van der Waals surface area contributed by atoms with Gasteiger partial charge in [-0.1, -0.05) is 43.1 Å². The maximum Gasteiger partial charge on any atom is 0.338 e. The molecule has 7 nitrogen and oxygen atoms in total.